The molecule has 1 aliphatic rings. The first kappa shape index (κ1) is 22.6. The fourth-order valence-electron chi connectivity index (χ4n) is 3.39. The Morgan fingerprint density at radius 1 is 1.17 bits per heavy atom. The Labute approximate surface area is 185 Å². The van der Waals surface area contributed by atoms with Crippen LogP contribution in [0.3, 0.4) is 0 Å². The lowest BCUT2D eigenvalue weighted by molar-refractivity contribution is -0.127. The van der Waals surface area contributed by atoms with Gasteiger partial charge in [-0.05, 0) is 61.7 Å². The number of rotatable bonds is 11. The topological polar surface area (TPSA) is 50.8 Å². The summed E-state index contributed by atoms with van der Waals surface area (Å²) in [5, 5.41) is 3.43. The van der Waals surface area contributed by atoms with Crippen LogP contribution in [0.4, 0.5) is 4.39 Å². The summed E-state index contributed by atoms with van der Waals surface area (Å²) >= 11 is 3.62. The molecule has 0 saturated carbocycles. The fraction of sp³-hybridized carbons (Fsp3) is 0.435. The molecule has 0 atom stereocenters. The van der Waals surface area contributed by atoms with E-state index in [9.17, 15) is 9.18 Å². The van der Waals surface area contributed by atoms with Crippen molar-refractivity contribution in [2.75, 3.05) is 26.2 Å². The molecule has 3 rings (SSSR count). The Kier molecular flexibility index (Phi) is 8.51. The van der Waals surface area contributed by atoms with E-state index in [1.165, 1.54) is 12.1 Å². The molecule has 1 N–H and O–H groups in total. The minimum absolute atomic E-state index is 0.264. The van der Waals surface area contributed by atoms with E-state index in [1.807, 2.05) is 24.0 Å². The van der Waals surface area contributed by atoms with Crippen molar-refractivity contribution in [1.82, 2.24) is 10.2 Å². The van der Waals surface area contributed by atoms with E-state index in [0.717, 1.165) is 48.1 Å². The number of nitrogens with one attached hydrogen (secondary N) is 1. The minimum Gasteiger partial charge on any atom is -0.490 e. The zero-order valence-corrected chi connectivity index (χ0v) is 18.8. The molecular weight excluding hydrogens is 451 g/mol. The lowest BCUT2D eigenvalue weighted by atomic mass is 10.2. The van der Waals surface area contributed by atoms with Crippen molar-refractivity contribution in [2.24, 2.45) is 0 Å². The molecule has 7 heteroatoms. The summed E-state index contributed by atoms with van der Waals surface area (Å²) < 4.78 is 25.7. The summed E-state index contributed by atoms with van der Waals surface area (Å²) in [6.45, 7) is 6.03. The predicted molar refractivity (Wildman–Crippen MR) is 118 cm³/mol. The van der Waals surface area contributed by atoms with Gasteiger partial charge in [0, 0.05) is 30.5 Å². The van der Waals surface area contributed by atoms with Gasteiger partial charge in [0.15, 0.2) is 11.5 Å². The number of nitrogens with zero attached hydrogens (tertiary/aromatic N) is 1. The first-order chi connectivity index (χ1) is 14.6. The van der Waals surface area contributed by atoms with Gasteiger partial charge in [-0.25, -0.2) is 4.39 Å². The van der Waals surface area contributed by atoms with Crippen LogP contribution in [0, 0.1) is 5.82 Å². The normalized spacial score (nSPS) is 13.7. The Morgan fingerprint density at radius 3 is 2.63 bits per heavy atom. The molecular formula is C23H28BrFN2O3. The standard InChI is InChI=1S/C23H28BrFN2O3/c1-2-29-21-13-18(15-26-10-4-12-27-11-3-5-23(27)28)20(24)14-22(21)30-16-17-6-8-19(25)9-7-17/h6-9,13-14,26H,2-5,10-12,15-16H2,1H3. The highest BCUT2D eigenvalue weighted by Crippen LogP contribution is 2.34. The Balaban J connectivity index is 1.53. The van der Waals surface area contributed by atoms with E-state index in [0.29, 0.717) is 37.7 Å². The zero-order valence-electron chi connectivity index (χ0n) is 17.3. The van der Waals surface area contributed by atoms with Crippen LogP contribution in [0.15, 0.2) is 40.9 Å². The largest absolute Gasteiger partial charge is 0.490 e. The maximum Gasteiger partial charge on any atom is 0.222 e. The van der Waals surface area contributed by atoms with Crippen molar-refractivity contribution in [3.63, 3.8) is 0 Å². The van der Waals surface area contributed by atoms with Gasteiger partial charge >= 0.3 is 0 Å². The maximum absolute atomic E-state index is 13.1. The molecule has 0 radical (unpaired) electrons. The van der Waals surface area contributed by atoms with E-state index in [2.05, 4.69) is 21.2 Å². The van der Waals surface area contributed by atoms with Crippen molar-refractivity contribution in [3.05, 3.63) is 57.8 Å². The average molecular weight is 479 g/mol. The third-order valence-electron chi connectivity index (χ3n) is 4.99. The van der Waals surface area contributed by atoms with Crippen LogP contribution in [0.1, 0.15) is 37.3 Å². The summed E-state index contributed by atoms with van der Waals surface area (Å²) in [5.74, 6) is 1.34. The van der Waals surface area contributed by atoms with E-state index in [4.69, 9.17) is 9.47 Å². The number of likely N-dealkylation sites (tertiary alicyclic amines) is 1. The van der Waals surface area contributed by atoms with Gasteiger partial charge in [-0.15, -0.1) is 0 Å². The van der Waals surface area contributed by atoms with Crippen LogP contribution in [0.2, 0.25) is 0 Å². The monoisotopic (exact) mass is 478 g/mol. The van der Waals surface area contributed by atoms with Crippen molar-refractivity contribution < 1.29 is 18.7 Å². The second-order valence-electron chi connectivity index (χ2n) is 7.25. The van der Waals surface area contributed by atoms with Gasteiger partial charge in [0.2, 0.25) is 5.91 Å². The minimum atomic E-state index is -0.264. The van der Waals surface area contributed by atoms with Crippen LogP contribution in [-0.4, -0.2) is 37.0 Å². The molecule has 162 valence electrons. The summed E-state index contributed by atoms with van der Waals surface area (Å²) in [4.78, 5) is 13.6. The van der Waals surface area contributed by atoms with Crippen molar-refractivity contribution in [1.29, 1.82) is 0 Å². The van der Waals surface area contributed by atoms with E-state index in [1.54, 1.807) is 12.1 Å². The number of hydrogen-bond acceptors (Lipinski definition) is 4. The highest BCUT2D eigenvalue weighted by Gasteiger charge is 2.19. The van der Waals surface area contributed by atoms with Crippen molar-refractivity contribution >= 4 is 21.8 Å². The van der Waals surface area contributed by atoms with Crippen molar-refractivity contribution in [3.8, 4) is 11.5 Å². The Hall–Kier alpha value is -2.12. The van der Waals surface area contributed by atoms with Gasteiger partial charge in [-0.1, -0.05) is 28.1 Å². The molecule has 2 aromatic carbocycles. The quantitative estimate of drug-likeness (QED) is 0.476. The third-order valence-corrected chi connectivity index (χ3v) is 5.73. The average Bonchev–Trinajstić information content (AvgIpc) is 3.14. The van der Waals surface area contributed by atoms with Gasteiger partial charge < -0.3 is 19.7 Å². The summed E-state index contributed by atoms with van der Waals surface area (Å²) in [6, 6.07) is 10.1. The van der Waals surface area contributed by atoms with Gasteiger partial charge in [0.1, 0.15) is 12.4 Å². The maximum atomic E-state index is 13.1. The predicted octanol–water partition coefficient (Wildman–Crippen LogP) is 4.67. The molecule has 0 spiro atoms. The lowest BCUT2D eigenvalue weighted by Crippen LogP contribution is -2.28. The number of amides is 1. The molecule has 5 nitrogen and oxygen atoms in total. The second-order valence-corrected chi connectivity index (χ2v) is 8.11. The Bertz CT molecular complexity index is 845. The molecule has 2 aromatic rings. The number of benzene rings is 2. The van der Waals surface area contributed by atoms with Gasteiger partial charge in [0.25, 0.3) is 0 Å². The van der Waals surface area contributed by atoms with E-state index < -0.39 is 0 Å². The SMILES string of the molecule is CCOc1cc(CNCCCN2CCCC2=O)c(Br)cc1OCc1ccc(F)cc1. The smallest absolute Gasteiger partial charge is 0.222 e. The molecule has 1 heterocycles. The van der Waals surface area contributed by atoms with Crippen LogP contribution in [0.5, 0.6) is 11.5 Å². The van der Waals surface area contributed by atoms with Gasteiger partial charge in [-0.2, -0.15) is 0 Å². The first-order valence-electron chi connectivity index (χ1n) is 10.4. The second kappa shape index (κ2) is 11.3. The molecule has 1 amide bonds. The van der Waals surface area contributed by atoms with Gasteiger partial charge in [-0.3, -0.25) is 4.79 Å². The molecule has 1 fully saturated rings. The number of halogens is 2. The number of carbonyl (C=O) groups is 1. The Morgan fingerprint density at radius 2 is 1.93 bits per heavy atom. The molecule has 1 saturated heterocycles. The summed E-state index contributed by atoms with van der Waals surface area (Å²) in [5.41, 5.74) is 1.96. The van der Waals surface area contributed by atoms with Gasteiger partial charge in [0.05, 0.1) is 6.61 Å². The number of ether oxygens (including phenoxy) is 2. The number of carbonyl (C=O) groups excluding carboxylic acids is 1. The van der Waals surface area contributed by atoms with E-state index in [-0.39, 0.29) is 11.7 Å². The van der Waals surface area contributed by atoms with Crippen LogP contribution < -0.4 is 14.8 Å². The molecule has 0 aliphatic carbocycles. The van der Waals surface area contributed by atoms with E-state index >= 15 is 0 Å². The summed E-state index contributed by atoms with van der Waals surface area (Å²) in [6.07, 6.45) is 2.60. The first-order valence-corrected chi connectivity index (χ1v) is 11.2. The third kappa shape index (κ3) is 6.44. The molecule has 1 aliphatic heterocycles. The zero-order chi connectivity index (χ0) is 21.3. The van der Waals surface area contributed by atoms with Crippen molar-refractivity contribution in [2.45, 2.75) is 39.3 Å². The highest BCUT2D eigenvalue weighted by molar-refractivity contribution is 9.10. The van der Waals surface area contributed by atoms with Crippen LogP contribution in [-0.2, 0) is 17.9 Å². The molecule has 0 unspecified atom stereocenters. The summed E-state index contributed by atoms with van der Waals surface area (Å²) in [7, 11) is 0. The fourth-order valence-corrected chi connectivity index (χ4v) is 3.86. The van der Waals surface area contributed by atoms with Crippen LogP contribution >= 0.6 is 15.9 Å². The van der Waals surface area contributed by atoms with Crippen LogP contribution in [0.25, 0.3) is 0 Å². The molecule has 30 heavy (non-hydrogen) atoms. The highest BCUT2D eigenvalue weighted by atomic mass is 79.9. The molecule has 0 bridgehead atoms. The lowest BCUT2D eigenvalue weighted by Gasteiger charge is -2.17. The molecule has 0 aromatic heterocycles. The number of hydrogen-bond donors (Lipinski definition) is 1.